The molecule has 0 bridgehead atoms. The molecule has 0 fully saturated rings. The molecular weight excluding hydrogens is 282 g/mol. The number of benzene rings is 1. The number of carbonyl (C=O) groups excluding carboxylic acids is 1. The third-order valence-electron chi connectivity index (χ3n) is 2.11. The Bertz CT molecular complexity index is 561. The SMILES string of the molecule is CC(C)(C)NS(=O)(=O)c1ccc(OCC(=O)NN)cc1. The normalized spacial score (nSPS) is 12.0. The van der Waals surface area contributed by atoms with Crippen molar-refractivity contribution in [3.8, 4) is 5.75 Å². The Hall–Kier alpha value is -1.64. The van der Waals surface area contributed by atoms with E-state index in [1.807, 2.05) is 5.43 Å². The monoisotopic (exact) mass is 301 g/mol. The number of sulfonamides is 1. The Balaban J connectivity index is 2.78. The van der Waals surface area contributed by atoms with Gasteiger partial charge in [-0.05, 0) is 45.0 Å². The van der Waals surface area contributed by atoms with Crippen molar-refractivity contribution in [3.05, 3.63) is 24.3 Å². The second-order valence-electron chi connectivity index (χ2n) is 5.18. The van der Waals surface area contributed by atoms with Gasteiger partial charge in [-0.25, -0.2) is 19.0 Å². The molecule has 0 aromatic heterocycles. The van der Waals surface area contributed by atoms with Crippen LogP contribution in [0.15, 0.2) is 29.2 Å². The number of hydrogen-bond donors (Lipinski definition) is 3. The molecule has 8 heteroatoms. The lowest BCUT2D eigenvalue weighted by Gasteiger charge is -2.20. The van der Waals surface area contributed by atoms with Crippen molar-refractivity contribution in [1.82, 2.24) is 10.1 Å². The fraction of sp³-hybridized carbons (Fsp3) is 0.417. The summed E-state index contributed by atoms with van der Waals surface area (Å²) < 4.78 is 31.7. The zero-order valence-electron chi connectivity index (χ0n) is 11.6. The van der Waals surface area contributed by atoms with Gasteiger partial charge in [0.1, 0.15) is 5.75 Å². The molecule has 0 aliphatic heterocycles. The van der Waals surface area contributed by atoms with Crippen LogP contribution >= 0.6 is 0 Å². The highest BCUT2D eigenvalue weighted by Crippen LogP contribution is 2.17. The predicted molar refractivity (Wildman–Crippen MR) is 74.3 cm³/mol. The number of nitrogens with one attached hydrogen (secondary N) is 2. The molecule has 4 N–H and O–H groups in total. The molecule has 1 aromatic carbocycles. The van der Waals surface area contributed by atoms with E-state index in [-0.39, 0.29) is 11.5 Å². The number of amides is 1. The minimum Gasteiger partial charge on any atom is -0.484 e. The van der Waals surface area contributed by atoms with Gasteiger partial charge >= 0.3 is 0 Å². The van der Waals surface area contributed by atoms with Crippen LogP contribution in [0.25, 0.3) is 0 Å². The largest absolute Gasteiger partial charge is 0.484 e. The highest BCUT2D eigenvalue weighted by molar-refractivity contribution is 7.89. The van der Waals surface area contributed by atoms with Crippen LogP contribution in [0.1, 0.15) is 20.8 Å². The van der Waals surface area contributed by atoms with E-state index in [2.05, 4.69) is 4.72 Å². The zero-order valence-corrected chi connectivity index (χ0v) is 12.5. The van der Waals surface area contributed by atoms with Gasteiger partial charge in [-0.3, -0.25) is 10.2 Å². The summed E-state index contributed by atoms with van der Waals surface area (Å²) >= 11 is 0. The number of nitrogens with two attached hydrogens (primary N) is 1. The van der Waals surface area contributed by atoms with E-state index in [0.717, 1.165) is 0 Å². The molecule has 7 nitrogen and oxygen atoms in total. The molecule has 0 spiro atoms. The van der Waals surface area contributed by atoms with E-state index < -0.39 is 21.5 Å². The minimum atomic E-state index is -3.58. The maximum Gasteiger partial charge on any atom is 0.271 e. The number of carbonyl (C=O) groups is 1. The van der Waals surface area contributed by atoms with Crippen LogP contribution in [0.5, 0.6) is 5.75 Å². The van der Waals surface area contributed by atoms with Gasteiger partial charge in [-0.15, -0.1) is 0 Å². The van der Waals surface area contributed by atoms with Crippen molar-refractivity contribution < 1.29 is 17.9 Å². The summed E-state index contributed by atoms with van der Waals surface area (Å²) in [6.07, 6.45) is 0. The van der Waals surface area contributed by atoms with Crippen LogP contribution in [0.4, 0.5) is 0 Å². The topological polar surface area (TPSA) is 111 Å². The smallest absolute Gasteiger partial charge is 0.271 e. The first-order chi connectivity index (χ1) is 9.14. The average molecular weight is 301 g/mol. The van der Waals surface area contributed by atoms with Gasteiger partial charge in [0.2, 0.25) is 10.0 Å². The predicted octanol–water partition coefficient (Wildman–Crippen LogP) is 0.132. The molecule has 0 heterocycles. The lowest BCUT2D eigenvalue weighted by Crippen LogP contribution is -2.40. The van der Waals surface area contributed by atoms with Gasteiger partial charge in [0.25, 0.3) is 5.91 Å². The third-order valence-corrected chi connectivity index (χ3v) is 3.88. The Labute approximate surface area is 118 Å². The molecule has 0 saturated heterocycles. The van der Waals surface area contributed by atoms with Crippen LogP contribution in [0.3, 0.4) is 0 Å². The second kappa shape index (κ2) is 6.21. The van der Waals surface area contributed by atoms with Crippen molar-refractivity contribution in [3.63, 3.8) is 0 Å². The van der Waals surface area contributed by atoms with Crippen molar-refractivity contribution in [1.29, 1.82) is 0 Å². The fourth-order valence-electron chi connectivity index (χ4n) is 1.37. The van der Waals surface area contributed by atoms with Gasteiger partial charge < -0.3 is 4.74 Å². The van der Waals surface area contributed by atoms with Gasteiger partial charge in [-0.1, -0.05) is 0 Å². The van der Waals surface area contributed by atoms with E-state index in [0.29, 0.717) is 5.75 Å². The molecule has 0 unspecified atom stereocenters. The number of hydrogen-bond acceptors (Lipinski definition) is 5. The summed E-state index contributed by atoms with van der Waals surface area (Å²) in [4.78, 5) is 11.0. The highest BCUT2D eigenvalue weighted by Gasteiger charge is 2.21. The van der Waals surface area contributed by atoms with Gasteiger partial charge in [0.05, 0.1) is 4.90 Å². The van der Waals surface area contributed by atoms with Gasteiger partial charge in [0, 0.05) is 5.54 Å². The quantitative estimate of drug-likeness (QED) is 0.407. The standard InChI is InChI=1S/C12H19N3O4S/c1-12(2,3)15-20(17,18)10-6-4-9(5-7-10)19-8-11(16)14-13/h4-7,15H,8,13H2,1-3H3,(H,14,16). The van der Waals surface area contributed by atoms with E-state index in [1.54, 1.807) is 20.8 Å². The van der Waals surface area contributed by atoms with Crippen molar-refractivity contribution >= 4 is 15.9 Å². The summed E-state index contributed by atoms with van der Waals surface area (Å²) in [5, 5.41) is 0. The molecule has 112 valence electrons. The first kappa shape index (κ1) is 16.4. The summed E-state index contributed by atoms with van der Waals surface area (Å²) in [6, 6.07) is 5.76. The van der Waals surface area contributed by atoms with Crippen LogP contribution in [0, 0.1) is 0 Å². The summed E-state index contributed by atoms with van der Waals surface area (Å²) in [5.74, 6) is 4.81. The van der Waals surface area contributed by atoms with E-state index >= 15 is 0 Å². The molecule has 0 radical (unpaired) electrons. The first-order valence-corrected chi connectivity index (χ1v) is 7.39. The molecule has 1 rings (SSSR count). The minimum absolute atomic E-state index is 0.128. The Morgan fingerprint density at radius 3 is 2.25 bits per heavy atom. The molecule has 1 amide bonds. The van der Waals surface area contributed by atoms with Gasteiger partial charge in [-0.2, -0.15) is 0 Å². The highest BCUT2D eigenvalue weighted by atomic mass is 32.2. The average Bonchev–Trinajstić information content (AvgIpc) is 2.33. The Kier molecular flexibility index (Phi) is 5.09. The van der Waals surface area contributed by atoms with Crippen LogP contribution in [-0.4, -0.2) is 26.5 Å². The van der Waals surface area contributed by atoms with E-state index in [9.17, 15) is 13.2 Å². The molecular formula is C12H19N3O4S. The fourth-order valence-corrected chi connectivity index (χ4v) is 2.79. The Morgan fingerprint density at radius 1 is 1.25 bits per heavy atom. The lowest BCUT2D eigenvalue weighted by atomic mass is 10.1. The summed E-state index contributed by atoms with van der Waals surface area (Å²) in [5.41, 5.74) is 1.36. The van der Waals surface area contributed by atoms with Crippen LogP contribution in [0.2, 0.25) is 0 Å². The van der Waals surface area contributed by atoms with Gasteiger partial charge in [0.15, 0.2) is 6.61 Å². The summed E-state index contributed by atoms with van der Waals surface area (Å²) in [7, 11) is -3.58. The van der Waals surface area contributed by atoms with E-state index in [1.165, 1.54) is 24.3 Å². The first-order valence-electron chi connectivity index (χ1n) is 5.90. The molecule has 0 aliphatic rings. The molecule has 0 saturated carbocycles. The lowest BCUT2D eigenvalue weighted by molar-refractivity contribution is -0.123. The number of ether oxygens (including phenoxy) is 1. The Morgan fingerprint density at radius 2 is 1.80 bits per heavy atom. The maximum absolute atomic E-state index is 12.0. The molecule has 20 heavy (non-hydrogen) atoms. The van der Waals surface area contributed by atoms with Crippen LogP contribution < -0.4 is 20.7 Å². The molecule has 0 aliphatic carbocycles. The zero-order chi connectivity index (χ0) is 15.4. The second-order valence-corrected chi connectivity index (χ2v) is 6.87. The van der Waals surface area contributed by atoms with Crippen molar-refractivity contribution in [2.75, 3.05) is 6.61 Å². The summed E-state index contributed by atoms with van der Waals surface area (Å²) in [6.45, 7) is 5.04. The number of hydrazine groups is 1. The van der Waals surface area contributed by atoms with E-state index in [4.69, 9.17) is 10.6 Å². The van der Waals surface area contributed by atoms with Crippen molar-refractivity contribution in [2.24, 2.45) is 5.84 Å². The van der Waals surface area contributed by atoms with Crippen molar-refractivity contribution in [2.45, 2.75) is 31.2 Å². The number of rotatable bonds is 5. The molecule has 0 atom stereocenters. The maximum atomic E-state index is 12.0. The third kappa shape index (κ3) is 5.16. The molecule has 1 aromatic rings. The van der Waals surface area contributed by atoms with Crippen LogP contribution in [-0.2, 0) is 14.8 Å².